The molecule has 21 heavy (non-hydrogen) atoms. The third-order valence-corrected chi connectivity index (χ3v) is 3.09. The van der Waals surface area contributed by atoms with Gasteiger partial charge in [0, 0.05) is 11.6 Å². The summed E-state index contributed by atoms with van der Waals surface area (Å²) in [6.07, 6.45) is 0.564. The topological polar surface area (TPSA) is 69.4 Å². The van der Waals surface area contributed by atoms with E-state index in [1.165, 1.54) is 18.2 Å². The third-order valence-electron chi connectivity index (χ3n) is 3.09. The number of carbonyl (C=O) groups excluding carboxylic acids is 1. The zero-order chi connectivity index (χ0) is 15.4. The summed E-state index contributed by atoms with van der Waals surface area (Å²) in [6.45, 7) is 4.16. The number of ether oxygens (including phenoxy) is 1. The van der Waals surface area contributed by atoms with Crippen LogP contribution < -0.4 is 4.74 Å². The lowest BCUT2D eigenvalue weighted by atomic mass is 10.0. The molecule has 0 saturated carbocycles. The Balaban J connectivity index is 2.30. The second-order valence-corrected chi connectivity index (χ2v) is 4.93. The van der Waals surface area contributed by atoms with Crippen LogP contribution in [0.5, 0.6) is 11.5 Å². The molecule has 2 aromatic rings. The molecular formula is C16H15NO4. The first-order valence-corrected chi connectivity index (χ1v) is 6.52. The van der Waals surface area contributed by atoms with Crippen LogP contribution in [0.2, 0.25) is 0 Å². The molecule has 0 amide bonds. The van der Waals surface area contributed by atoms with Gasteiger partial charge in [0.1, 0.15) is 12.0 Å². The number of aldehydes is 1. The van der Waals surface area contributed by atoms with Crippen LogP contribution in [0.3, 0.4) is 0 Å². The maximum Gasteiger partial charge on any atom is 0.312 e. The highest BCUT2D eigenvalue weighted by Gasteiger charge is 2.16. The molecule has 5 nitrogen and oxygen atoms in total. The first-order valence-electron chi connectivity index (χ1n) is 6.52. The number of hydrogen-bond donors (Lipinski definition) is 0. The van der Waals surface area contributed by atoms with Crippen LogP contribution in [0.1, 0.15) is 35.7 Å². The number of benzene rings is 2. The second kappa shape index (κ2) is 6.17. The highest BCUT2D eigenvalue weighted by molar-refractivity contribution is 5.77. The van der Waals surface area contributed by atoms with E-state index in [1.807, 2.05) is 12.1 Å². The smallest absolute Gasteiger partial charge is 0.312 e. The van der Waals surface area contributed by atoms with E-state index in [-0.39, 0.29) is 17.0 Å². The van der Waals surface area contributed by atoms with E-state index >= 15 is 0 Å². The Morgan fingerprint density at radius 1 is 1.14 bits per heavy atom. The Morgan fingerprint density at radius 3 is 2.33 bits per heavy atom. The molecule has 0 heterocycles. The third kappa shape index (κ3) is 3.45. The van der Waals surface area contributed by atoms with Crippen molar-refractivity contribution in [1.82, 2.24) is 0 Å². The Labute approximate surface area is 122 Å². The van der Waals surface area contributed by atoms with Gasteiger partial charge in [-0.2, -0.15) is 0 Å². The van der Waals surface area contributed by atoms with Crippen molar-refractivity contribution in [3.8, 4) is 11.5 Å². The van der Waals surface area contributed by atoms with Crippen molar-refractivity contribution in [3.63, 3.8) is 0 Å². The number of nitrogens with zero attached hydrogens (tertiary/aromatic N) is 1. The standard InChI is InChI=1S/C16H15NO4/c1-11(2)13-4-6-14(7-5-13)21-16-8-3-12(10-18)9-15(16)17(19)20/h3-11H,1-2H3. The van der Waals surface area contributed by atoms with Gasteiger partial charge in [0.25, 0.3) is 0 Å². The summed E-state index contributed by atoms with van der Waals surface area (Å²) in [5.41, 5.74) is 1.17. The molecule has 0 aliphatic carbocycles. The van der Waals surface area contributed by atoms with Crippen LogP contribution in [0.15, 0.2) is 42.5 Å². The molecule has 0 aliphatic heterocycles. The number of nitro groups is 1. The van der Waals surface area contributed by atoms with E-state index in [2.05, 4.69) is 13.8 Å². The Hall–Kier alpha value is -2.69. The van der Waals surface area contributed by atoms with Gasteiger partial charge < -0.3 is 4.74 Å². The molecular weight excluding hydrogens is 270 g/mol. The molecule has 0 atom stereocenters. The van der Waals surface area contributed by atoms with Gasteiger partial charge in [-0.15, -0.1) is 0 Å². The molecule has 0 bridgehead atoms. The van der Waals surface area contributed by atoms with E-state index < -0.39 is 4.92 Å². The summed E-state index contributed by atoms with van der Waals surface area (Å²) in [7, 11) is 0. The lowest BCUT2D eigenvalue weighted by Gasteiger charge is -2.09. The van der Waals surface area contributed by atoms with Gasteiger partial charge in [0.2, 0.25) is 5.75 Å². The summed E-state index contributed by atoms with van der Waals surface area (Å²) in [6, 6.07) is 11.5. The SMILES string of the molecule is CC(C)c1ccc(Oc2ccc(C=O)cc2[N+](=O)[O-])cc1. The zero-order valence-corrected chi connectivity index (χ0v) is 11.8. The van der Waals surface area contributed by atoms with Crippen molar-refractivity contribution in [2.75, 3.05) is 0 Å². The van der Waals surface area contributed by atoms with Gasteiger partial charge in [-0.1, -0.05) is 26.0 Å². The minimum Gasteiger partial charge on any atom is -0.450 e. The van der Waals surface area contributed by atoms with E-state index in [0.29, 0.717) is 18.0 Å². The molecule has 0 aromatic heterocycles. The summed E-state index contributed by atoms with van der Waals surface area (Å²) in [4.78, 5) is 21.2. The maximum absolute atomic E-state index is 11.0. The van der Waals surface area contributed by atoms with Crippen molar-refractivity contribution in [1.29, 1.82) is 0 Å². The molecule has 0 fully saturated rings. The minimum atomic E-state index is -0.565. The zero-order valence-electron chi connectivity index (χ0n) is 11.8. The number of carbonyl (C=O) groups is 1. The molecule has 5 heteroatoms. The maximum atomic E-state index is 11.0. The van der Waals surface area contributed by atoms with Crippen molar-refractivity contribution >= 4 is 12.0 Å². The van der Waals surface area contributed by atoms with Crippen LogP contribution in [0.4, 0.5) is 5.69 Å². The minimum absolute atomic E-state index is 0.114. The second-order valence-electron chi connectivity index (χ2n) is 4.93. The fraction of sp³-hybridized carbons (Fsp3) is 0.188. The van der Waals surface area contributed by atoms with Crippen LogP contribution in [0.25, 0.3) is 0 Å². The first-order chi connectivity index (χ1) is 10.0. The van der Waals surface area contributed by atoms with E-state index in [4.69, 9.17) is 4.74 Å². The largest absolute Gasteiger partial charge is 0.450 e. The predicted octanol–water partition coefficient (Wildman–Crippen LogP) is 4.32. The summed E-state index contributed by atoms with van der Waals surface area (Å²) >= 11 is 0. The highest BCUT2D eigenvalue weighted by Crippen LogP contribution is 2.32. The quantitative estimate of drug-likeness (QED) is 0.466. The average Bonchev–Trinajstić information content (AvgIpc) is 2.48. The molecule has 0 saturated heterocycles. The van der Waals surface area contributed by atoms with Gasteiger partial charge >= 0.3 is 5.69 Å². The monoisotopic (exact) mass is 285 g/mol. The molecule has 0 radical (unpaired) electrons. The molecule has 2 rings (SSSR count). The first kappa shape index (κ1) is 14.7. The molecule has 0 N–H and O–H groups in total. The van der Waals surface area contributed by atoms with Crippen LogP contribution in [-0.4, -0.2) is 11.2 Å². The van der Waals surface area contributed by atoms with Crippen LogP contribution in [-0.2, 0) is 0 Å². The fourth-order valence-electron chi connectivity index (χ4n) is 1.88. The number of hydrogen-bond acceptors (Lipinski definition) is 4. The highest BCUT2D eigenvalue weighted by atomic mass is 16.6. The number of rotatable bonds is 5. The average molecular weight is 285 g/mol. The van der Waals surface area contributed by atoms with Gasteiger partial charge in [-0.05, 0) is 35.7 Å². The van der Waals surface area contributed by atoms with Crippen LogP contribution in [0, 0.1) is 10.1 Å². The summed E-state index contributed by atoms with van der Waals surface area (Å²) in [5.74, 6) is 1.03. The summed E-state index contributed by atoms with van der Waals surface area (Å²) < 4.78 is 5.55. The lowest BCUT2D eigenvalue weighted by molar-refractivity contribution is -0.385. The van der Waals surface area contributed by atoms with Crippen molar-refractivity contribution in [3.05, 3.63) is 63.7 Å². The van der Waals surface area contributed by atoms with Gasteiger partial charge in [0.05, 0.1) is 4.92 Å². The molecule has 2 aromatic carbocycles. The number of nitro benzene ring substituents is 1. The van der Waals surface area contributed by atoms with E-state index in [1.54, 1.807) is 12.1 Å². The Bertz CT molecular complexity index is 662. The Kier molecular flexibility index (Phi) is 4.33. The van der Waals surface area contributed by atoms with Crippen LogP contribution >= 0.6 is 0 Å². The van der Waals surface area contributed by atoms with Gasteiger partial charge in [-0.25, -0.2) is 0 Å². The van der Waals surface area contributed by atoms with E-state index in [0.717, 1.165) is 5.56 Å². The van der Waals surface area contributed by atoms with Crippen molar-refractivity contribution < 1.29 is 14.5 Å². The van der Waals surface area contributed by atoms with E-state index in [9.17, 15) is 14.9 Å². The summed E-state index contributed by atoms with van der Waals surface area (Å²) in [5, 5.41) is 11.0. The Morgan fingerprint density at radius 2 is 1.81 bits per heavy atom. The predicted molar refractivity (Wildman–Crippen MR) is 79.1 cm³/mol. The lowest BCUT2D eigenvalue weighted by Crippen LogP contribution is -1.95. The fourth-order valence-corrected chi connectivity index (χ4v) is 1.88. The van der Waals surface area contributed by atoms with Crippen molar-refractivity contribution in [2.45, 2.75) is 19.8 Å². The molecule has 0 unspecified atom stereocenters. The molecule has 108 valence electrons. The normalized spacial score (nSPS) is 10.4. The molecule has 0 spiro atoms. The molecule has 0 aliphatic rings. The van der Waals surface area contributed by atoms with Crippen molar-refractivity contribution in [2.24, 2.45) is 0 Å². The van der Waals surface area contributed by atoms with Gasteiger partial charge in [-0.3, -0.25) is 14.9 Å². The van der Waals surface area contributed by atoms with Gasteiger partial charge in [0.15, 0.2) is 0 Å².